The molecule has 3 heteroatoms. The third-order valence-corrected chi connectivity index (χ3v) is 2.72. The molecule has 0 atom stereocenters. The van der Waals surface area contributed by atoms with Gasteiger partial charge in [-0.3, -0.25) is 4.79 Å². The van der Waals surface area contributed by atoms with E-state index >= 15 is 0 Å². The summed E-state index contributed by atoms with van der Waals surface area (Å²) in [5.41, 5.74) is 0.679. The Labute approximate surface area is 112 Å². The van der Waals surface area contributed by atoms with Gasteiger partial charge >= 0.3 is 0 Å². The maximum Gasteiger partial charge on any atom is 0.165 e. The molecule has 0 aliphatic heterocycles. The Morgan fingerprint density at radius 2 is 1.74 bits per heavy atom. The van der Waals surface area contributed by atoms with E-state index in [9.17, 15) is 9.90 Å². The monoisotopic (exact) mass is 256 g/mol. The number of rotatable bonds is 4. The summed E-state index contributed by atoms with van der Waals surface area (Å²) in [7, 11) is 0. The average molecular weight is 256 g/mol. The number of benzene rings is 2. The molecule has 98 valence electrons. The molecule has 0 fully saturated rings. The van der Waals surface area contributed by atoms with E-state index in [-0.39, 0.29) is 17.5 Å². The molecule has 0 radical (unpaired) electrons. The van der Waals surface area contributed by atoms with Crippen LogP contribution in [0.25, 0.3) is 0 Å². The van der Waals surface area contributed by atoms with Crippen LogP contribution in [0.2, 0.25) is 0 Å². The van der Waals surface area contributed by atoms with Crippen LogP contribution in [0.1, 0.15) is 24.2 Å². The van der Waals surface area contributed by atoms with Gasteiger partial charge in [-0.05, 0) is 36.4 Å². The first kappa shape index (κ1) is 13.1. The van der Waals surface area contributed by atoms with Crippen molar-refractivity contribution in [3.05, 3.63) is 54.1 Å². The molecular formula is C16H16O3. The van der Waals surface area contributed by atoms with Gasteiger partial charge in [-0.15, -0.1) is 0 Å². The molecular weight excluding hydrogens is 240 g/mol. The van der Waals surface area contributed by atoms with Gasteiger partial charge < -0.3 is 9.84 Å². The lowest BCUT2D eigenvalue weighted by Gasteiger charge is -2.08. The van der Waals surface area contributed by atoms with E-state index in [1.165, 1.54) is 6.07 Å². The molecule has 0 amide bonds. The summed E-state index contributed by atoms with van der Waals surface area (Å²) in [5.74, 6) is 1.44. The molecule has 0 aromatic heterocycles. The van der Waals surface area contributed by atoms with Crippen LogP contribution in [0.3, 0.4) is 0 Å². The minimum Gasteiger partial charge on any atom is -0.508 e. The van der Waals surface area contributed by atoms with Crippen molar-refractivity contribution < 1.29 is 14.6 Å². The number of aromatic hydroxyl groups is 1. The van der Waals surface area contributed by atoms with Crippen molar-refractivity contribution in [1.29, 1.82) is 0 Å². The summed E-state index contributed by atoms with van der Waals surface area (Å²) in [6, 6.07) is 13.6. The molecule has 2 aromatic carbocycles. The molecule has 0 aliphatic carbocycles. The molecule has 1 N–H and O–H groups in total. The Morgan fingerprint density at radius 1 is 1.05 bits per heavy atom. The maximum absolute atomic E-state index is 11.8. The van der Waals surface area contributed by atoms with Gasteiger partial charge in [-0.2, -0.15) is 0 Å². The Bertz CT molecular complexity index is 571. The fourth-order valence-corrected chi connectivity index (χ4v) is 1.70. The van der Waals surface area contributed by atoms with Gasteiger partial charge in [-0.25, -0.2) is 0 Å². The van der Waals surface area contributed by atoms with Crippen molar-refractivity contribution in [3.63, 3.8) is 0 Å². The molecule has 2 rings (SSSR count). The topological polar surface area (TPSA) is 46.5 Å². The first-order chi connectivity index (χ1) is 9.06. The van der Waals surface area contributed by atoms with Crippen molar-refractivity contribution in [1.82, 2.24) is 0 Å². The summed E-state index contributed by atoms with van der Waals surface area (Å²) < 4.78 is 5.58. The van der Waals surface area contributed by atoms with E-state index in [4.69, 9.17) is 4.74 Å². The van der Waals surface area contributed by atoms with Gasteiger partial charge in [0.1, 0.15) is 17.2 Å². The van der Waals surface area contributed by atoms with Crippen LogP contribution in [0.5, 0.6) is 17.2 Å². The van der Waals surface area contributed by atoms with Gasteiger partial charge in [0, 0.05) is 17.5 Å². The third-order valence-electron chi connectivity index (χ3n) is 2.72. The highest BCUT2D eigenvalue weighted by Crippen LogP contribution is 2.25. The Hall–Kier alpha value is -2.29. The molecule has 0 unspecified atom stereocenters. The predicted octanol–water partition coefficient (Wildman–Crippen LogP) is 4.02. The van der Waals surface area contributed by atoms with Crippen LogP contribution in [-0.2, 0) is 0 Å². The fraction of sp³-hybridized carbons (Fsp3) is 0.188. The zero-order valence-electron chi connectivity index (χ0n) is 11.0. The van der Waals surface area contributed by atoms with Crippen LogP contribution < -0.4 is 4.74 Å². The van der Waals surface area contributed by atoms with E-state index in [2.05, 4.69) is 0 Å². The number of carbonyl (C=O) groups excluding carboxylic acids is 1. The quantitative estimate of drug-likeness (QED) is 0.840. The molecule has 19 heavy (non-hydrogen) atoms. The second-order valence-electron chi connectivity index (χ2n) is 4.64. The third kappa shape index (κ3) is 3.35. The molecule has 2 aromatic rings. The first-order valence-electron chi connectivity index (χ1n) is 6.17. The van der Waals surface area contributed by atoms with Crippen LogP contribution in [0, 0.1) is 5.92 Å². The Kier molecular flexibility index (Phi) is 3.85. The lowest BCUT2D eigenvalue weighted by Crippen LogP contribution is -2.06. The number of ether oxygens (including phenoxy) is 1. The van der Waals surface area contributed by atoms with E-state index < -0.39 is 0 Å². The van der Waals surface area contributed by atoms with Crippen LogP contribution in [0.4, 0.5) is 0 Å². The summed E-state index contributed by atoms with van der Waals surface area (Å²) in [5, 5.41) is 9.34. The van der Waals surface area contributed by atoms with Gasteiger partial charge in [0.05, 0.1) is 0 Å². The number of hydrogen-bond acceptors (Lipinski definition) is 3. The largest absolute Gasteiger partial charge is 0.508 e. The minimum atomic E-state index is -0.0159. The SMILES string of the molecule is CC(C)C(=O)c1ccc(Oc2cccc(O)c2)cc1. The summed E-state index contributed by atoms with van der Waals surface area (Å²) in [6.07, 6.45) is 0. The highest BCUT2D eigenvalue weighted by atomic mass is 16.5. The minimum absolute atomic E-state index is 0.0159. The lowest BCUT2D eigenvalue weighted by atomic mass is 10.0. The van der Waals surface area contributed by atoms with Crippen molar-refractivity contribution in [3.8, 4) is 17.2 Å². The average Bonchev–Trinajstić information content (AvgIpc) is 2.39. The smallest absolute Gasteiger partial charge is 0.165 e. The number of carbonyl (C=O) groups is 1. The van der Waals surface area contributed by atoms with Crippen LogP contribution >= 0.6 is 0 Å². The van der Waals surface area contributed by atoms with Gasteiger partial charge in [-0.1, -0.05) is 19.9 Å². The van der Waals surface area contributed by atoms with Crippen molar-refractivity contribution in [2.45, 2.75) is 13.8 Å². The van der Waals surface area contributed by atoms with E-state index in [0.29, 0.717) is 17.1 Å². The number of hydrogen-bond donors (Lipinski definition) is 1. The molecule has 0 bridgehead atoms. The van der Waals surface area contributed by atoms with Gasteiger partial charge in [0.25, 0.3) is 0 Å². The Balaban J connectivity index is 2.13. The Morgan fingerprint density at radius 3 is 2.32 bits per heavy atom. The molecule has 3 nitrogen and oxygen atoms in total. The summed E-state index contributed by atoms with van der Waals surface area (Å²) in [6.45, 7) is 3.75. The number of ketones is 1. The van der Waals surface area contributed by atoms with Crippen molar-refractivity contribution in [2.24, 2.45) is 5.92 Å². The van der Waals surface area contributed by atoms with E-state index in [0.717, 1.165) is 0 Å². The van der Waals surface area contributed by atoms with Gasteiger partial charge in [0.2, 0.25) is 0 Å². The number of phenols is 1. The standard InChI is InChI=1S/C16H16O3/c1-11(2)16(18)12-6-8-14(9-7-12)19-15-5-3-4-13(17)10-15/h3-11,17H,1-2H3. The molecule has 0 saturated heterocycles. The second kappa shape index (κ2) is 5.57. The maximum atomic E-state index is 11.8. The molecule has 0 heterocycles. The molecule has 0 saturated carbocycles. The van der Waals surface area contributed by atoms with Gasteiger partial charge in [0.15, 0.2) is 5.78 Å². The summed E-state index contributed by atoms with van der Waals surface area (Å²) >= 11 is 0. The fourth-order valence-electron chi connectivity index (χ4n) is 1.70. The lowest BCUT2D eigenvalue weighted by molar-refractivity contribution is 0.0939. The molecule has 0 aliphatic rings. The first-order valence-corrected chi connectivity index (χ1v) is 6.17. The number of Topliss-reactive ketones (excluding diaryl/α,β-unsaturated/α-hetero) is 1. The second-order valence-corrected chi connectivity index (χ2v) is 4.64. The van der Waals surface area contributed by atoms with Crippen molar-refractivity contribution in [2.75, 3.05) is 0 Å². The summed E-state index contributed by atoms with van der Waals surface area (Å²) in [4.78, 5) is 11.8. The highest BCUT2D eigenvalue weighted by Gasteiger charge is 2.10. The van der Waals surface area contributed by atoms with Crippen molar-refractivity contribution >= 4 is 5.78 Å². The number of phenolic OH excluding ortho intramolecular Hbond substituents is 1. The zero-order chi connectivity index (χ0) is 13.8. The zero-order valence-corrected chi connectivity index (χ0v) is 11.0. The van der Waals surface area contributed by atoms with Crippen LogP contribution in [-0.4, -0.2) is 10.9 Å². The normalized spacial score (nSPS) is 10.5. The van der Waals surface area contributed by atoms with Crippen LogP contribution in [0.15, 0.2) is 48.5 Å². The highest BCUT2D eigenvalue weighted by molar-refractivity contribution is 5.97. The van der Waals surface area contributed by atoms with E-state index in [1.807, 2.05) is 13.8 Å². The molecule has 0 spiro atoms. The van der Waals surface area contributed by atoms with E-state index in [1.54, 1.807) is 42.5 Å². The predicted molar refractivity (Wildman–Crippen MR) is 73.8 cm³/mol.